The second-order valence-corrected chi connectivity index (χ2v) is 4.51. The molecule has 0 bridgehead atoms. The minimum absolute atomic E-state index is 0.0774. The van der Waals surface area contributed by atoms with Crippen LogP contribution in [0.2, 0.25) is 0 Å². The number of rotatable bonds is 5. The Bertz CT molecular complexity index is 419. The third kappa shape index (κ3) is 3.42. The molecular formula is C10H15N3O3S. The second kappa shape index (κ2) is 5.62. The number of likely N-dealkylation sites (N-methyl/N-ethyl adjacent to an activating group) is 1. The maximum absolute atomic E-state index is 11.8. The molecule has 1 amide bonds. The van der Waals surface area contributed by atoms with E-state index in [-0.39, 0.29) is 12.3 Å². The van der Waals surface area contributed by atoms with Crippen LogP contribution >= 0.6 is 11.3 Å². The van der Waals surface area contributed by atoms with E-state index in [4.69, 9.17) is 10.8 Å². The van der Waals surface area contributed by atoms with E-state index >= 15 is 0 Å². The van der Waals surface area contributed by atoms with Gasteiger partial charge in [-0.2, -0.15) is 0 Å². The van der Waals surface area contributed by atoms with Gasteiger partial charge in [-0.05, 0) is 6.42 Å². The van der Waals surface area contributed by atoms with Crippen LogP contribution in [0.15, 0.2) is 5.38 Å². The smallest absolute Gasteiger partial charge is 0.326 e. The highest BCUT2D eigenvalue weighted by Gasteiger charge is 2.24. The topological polar surface area (TPSA) is 96.5 Å². The van der Waals surface area contributed by atoms with Crippen LogP contribution in [0, 0.1) is 0 Å². The number of carboxylic acids is 1. The van der Waals surface area contributed by atoms with Crippen molar-refractivity contribution >= 4 is 28.3 Å². The SMILES string of the molecule is CCC(C(=O)O)N(C)C(=O)Cc1csc(N)n1. The van der Waals surface area contributed by atoms with E-state index in [0.29, 0.717) is 17.2 Å². The van der Waals surface area contributed by atoms with Crippen molar-refractivity contribution in [3.8, 4) is 0 Å². The number of nitrogens with two attached hydrogens (primary N) is 1. The number of nitrogen functional groups attached to an aromatic ring is 1. The van der Waals surface area contributed by atoms with Crippen molar-refractivity contribution in [1.82, 2.24) is 9.88 Å². The Morgan fingerprint density at radius 2 is 2.29 bits per heavy atom. The molecule has 0 spiro atoms. The molecule has 0 radical (unpaired) electrons. The number of aromatic nitrogens is 1. The van der Waals surface area contributed by atoms with Crippen LogP contribution in [-0.2, 0) is 16.0 Å². The normalized spacial score (nSPS) is 12.1. The van der Waals surface area contributed by atoms with Crippen LogP contribution in [0.1, 0.15) is 19.0 Å². The molecule has 1 rings (SSSR count). The molecule has 6 nitrogen and oxygen atoms in total. The highest BCUT2D eigenvalue weighted by Crippen LogP contribution is 2.13. The molecule has 3 N–H and O–H groups in total. The number of aliphatic carboxylic acids is 1. The largest absolute Gasteiger partial charge is 0.480 e. The maximum Gasteiger partial charge on any atom is 0.326 e. The van der Waals surface area contributed by atoms with Crippen molar-refractivity contribution in [3.05, 3.63) is 11.1 Å². The molecule has 17 heavy (non-hydrogen) atoms. The minimum Gasteiger partial charge on any atom is -0.480 e. The quantitative estimate of drug-likeness (QED) is 0.804. The van der Waals surface area contributed by atoms with Gasteiger partial charge in [-0.1, -0.05) is 6.92 Å². The number of amides is 1. The van der Waals surface area contributed by atoms with Crippen molar-refractivity contribution in [2.45, 2.75) is 25.8 Å². The third-order valence-electron chi connectivity index (χ3n) is 2.43. The van der Waals surface area contributed by atoms with E-state index in [1.54, 1.807) is 12.3 Å². The first-order valence-electron chi connectivity index (χ1n) is 5.14. The number of carboxylic acid groups (broad SMARTS) is 1. The fourth-order valence-electron chi connectivity index (χ4n) is 1.47. The molecule has 94 valence electrons. The van der Waals surface area contributed by atoms with E-state index in [1.807, 2.05) is 0 Å². The molecule has 0 aliphatic heterocycles. The molecule has 0 saturated heterocycles. The number of thiazole rings is 1. The van der Waals surface area contributed by atoms with Gasteiger partial charge in [0.2, 0.25) is 5.91 Å². The van der Waals surface area contributed by atoms with Crippen LogP contribution in [-0.4, -0.2) is 40.0 Å². The third-order valence-corrected chi connectivity index (χ3v) is 3.16. The Morgan fingerprint density at radius 1 is 1.65 bits per heavy atom. The summed E-state index contributed by atoms with van der Waals surface area (Å²) in [6, 6.07) is -0.793. The average molecular weight is 257 g/mol. The van der Waals surface area contributed by atoms with Gasteiger partial charge < -0.3 is 15.7 Å². The van der Waals surface area contributed by atoms with Crippen LogP contribution < -0.4 is 5.73 Å². The number of nitrogens with zero attached hydrogens (tertiary/aromatic N) is 2. The Balaban J connectivity index is 2.66. The Kier molecular flexibility index (Phi) is 4.45. The van der Waals surface area contributed by atoms with E-state index in [2.05, 4.69) is 4.98 Å². The molecule has 1 aromatic heterocycles. The first-order valence-corrected chi connectivity index (χ1v) is 6.02. The highest BCUT2D eigenvalue weighted by atomic mass is 32.1. The standard InChI is InChI=1S/C10H15N3O3S/c1-3-7(9(15)16)13(2)8(14)4-6-5-17-10(11)12-6/h5,7H,3-4H2,1-2H3,(H2,11,12)(H,15,16). The van der Waals surface area contributed by atoms with Crippen molar-refractivity contribution in [3.63, 3.8) is 0 Å². The van der Waals surface area contributed by atoms with Gasteiger partial charge in [-0.25, -0.2) is 9.78 Å². The lowest BCUT2D eigenvalue weighted by Crippen LogP contribution is -2.42. The first-order chi connectivity index (χ1) is 7.95. The lowest BCUT2D eigenvalue weighted by molar-refractivity contribution is -0.148. The number of anilines is 1. The van der Waals surface area contributed by atoms with Gasteiger partial charge in [0.05, 0.1) is 12.1 Å². The summed E-state index contributed by atoms with van der Waals surface area (Å²) in [4.78, 5) is 27.9. The zero-order valence-electron chi connectivity index (χ0n) is 9.71. The van der Waals surface area contributed by atoms with Crippen molar-refractivity contribution < 1.29 is 14.7 Å². The fourth-order valence-corrected chi connectivity index (χ4v) is 2.03. The molecule has 0 aliphatic carbocycles. The summed E-state index contributed by atoms with van der Waals surface area (Å²) in [7, 11) is 1.49. The highest BCUT2D eigenvalue weighted by molar-refractivity contribution is 7.13. The summed E-state index contributed by atoms with van der Waals surface area (Å²) in [5.41, 5.74) is 6.03. The second-order valence-electron chi connectivity index (χ2n) is 3.62. The average Bonchev–Trinajstić information content (AvgIpc) is 2.64. The molecule has 0 aromatic carbocycles. The van der Waals surface area contributed by atoms with E-state index in [9.17, 15) is 9.59 Å². The Labute approximate surface area is 103 Å². The molecule has 1 aromatic rings. The Hall–Kier alpha value is -1.63. The van der Waals surface area contributed by atoms with Crippen LogP contribution in [0.4, 0.5) is 5.13 Å². The summed E-state index contributed by atoms with van der Waals surface area (Å²) < 4.78 is 0. The Morgan fingerprint density at radius 3 is 2.71 bits per heavy atom. The molecular weight excluding hydrogens is 242 g/mol. The van der Waals surface area contributed by atoms with Gasteiger partial charge >= 0.3 is 5.97 Å². The van der Waals surface area contributed by atoms with Crippen LogP contribution in [0.5, 0.6) is 0 Å². The number of hydrogen-bond donors (Lipinski definition) is 2. The molecule has 1 heterocycles. The fraction of sp³-hybridized carbons (Fsp3) is 0.500. The van der Waals surface area contributed by atoms with Crippen molar-refractivity contribution in [2.75, 3.05) is 12.8 Å². The number of carbonyl (C=O) groups excluding carboxylic acids is 1. The summed E-state index contributed by atoms with van der Waals surface area (Å²) in [6.45, 7) is 1.73. The van der Waals surface area contributed by atoms with Gasteiger partial charge in [0.25, 0.3) is 0 Å². The molecule has 0 aliphatic rings. The summed E-state index contributed by atoms with van der Waals surface area (Å²) in [5, 5.41) is 11.0. The zero-order valence-corrected chi connectivity index (χ0v) is 10.5. The van der Waals surface area contributed by atoms with Gasteiger partial charge in [-0.3, -0.25) is 4.79 Å². The molecule has 1 atom stereocenters. The molecule has 0 saturated carbocycles. The molecule has 7 heteroatoms. The minimum atomic E-state index is -0.999. The predicted octanol–water partition coefficient (Wildman–Crippen LogP) is 0.589. The lowest BCUT2D eigenvalue weighted by atomic mass is 10.2. The lowest BCUT2D eigenvalue weighted by Gasteiger charge is -2.23. The number of hydrogen-bond acceptors (Lipinski definition) is 5. The van der Waals surface area contributed by atoms with Crippen LogP contribution in [0.25, 0.3) is 0 Å². The first kappa shape index (κ1) is 13.4. The summed E-state index contributed by atoms with van der Waals surface area (Å²) in [5.74, 6) is -1.27. The predicted molar refractivity (Wildman–Crippen MR) is 64.7 cm³/mol. The summed E-state index contributed by atoms with van der Waals surface area (Å²) in [6.07, 6.45) is 0.449. The van der Waals surface area contributed by atoms with E-state index in [1.165, 1.54) is 23.3 Å². The number of carbonyl (C=O) groups is 2. The zero-order chi connectivity index (χ0) is 13.0. The van der Waals surface area contributed by atoms with Crippen molar-refractivity contribution in [1.29, 1.82) is 0 Å². The van der Waals surface area contributed by atoms with E-state index < -0.39 is 12.0 Å². The molecule has 1 unspecified atom stereocenters. The van der Waals surface area contributed by atoms with E-state index in [0.717, 1.165) is 0 Å². The monoisotopic (exact) mass is 257 g/mol. The molecule has 0 fully saturated rings. The summed E-state index contributed by atoms with van der Waals surface area (Å²) >= 11 is 1.26. The van der Waals surface area contributed by atoms with Gasteiger partial charge in [0, 0.05) is 12.4 Å². The van der Waals surface area contributed by atoms with Gasteiger partial charge in [0.15, 0.2) is 5.13 Å². The maximum atomic E-state index is 11.8. The van der Waals surface area contributed by atoms with Crippen molar-refractivity contribution in [2.24, 2.45) is 0 Å². The van der Waals surface area contributed by atoms with Gasteiger partial charge in [0.1, 0.15) is 6.04 Å². The van der Waals surface area contributed by atoms with Gasteiger partial charge in [-0.15, -0.1) is 11.3 Å². The van der Waals surface area contributed by atoms with Crippen LogP contribution in [0.3, 0.4) is 0 Å².